The Balaban J connectivity index is 1.46. The van der Waals surface area contributed by atoms with Crippen molar-refractivity contribution in [1.29, 1.82) is 0 Å². The van der Waals surface area contributed by atoms with Gasteiger partial charge in [-0.2, -0.15) is 10.2 Å². The number of piperidine rings is 1. The molecule has 3 aromatic heterocycles. The highest BCUT2D eigenvalue weighted by atomic mass is 16.2. The van der Waals surface area contributed by atoms with E-state index >= 15 is 0 Å². The third-order valence-electron chi connectivity index (χ3n) is 5.83. The summed E-state index contributed by atoms with van der Waals surface area (Å²) in [6.45, 7) is 1.55. The number of rotatable bonds is 1. The summed E-state index contributed by atoms with van der Waals surface area (Å²) in [5.41, 5.74) is 4.93. The molecule has 1 atom stereocenters. The van der Waals surface area contributed by atoms with Gasteiger partial charge in [-0.05, 0) is 37.3 Å². The Bertz CT molecular complexity index is 973. The molecule has 1 fully saturated rings. The summed E-state index contributed by atoms with van der Waals surface area (Å²) in [5.74, 6) is 0.0580. The Morgan fingerprint density at radius 1 is 1.28 bits per heavy atom. The van der Waals surface area contributed by atoms with Crippen LogP contribution in [0.25, 0.3) is 11.0 Å². The first-order chi connectivity index (χ1) is 12.2. The number of aryl methyl sites for hydroxylation is 2. The molecule has 7 nitrogen and oxygen atoms in total. The van der Waals surface area contributed by atoms with Crippen molar-refractivity contribution in [2.45, 2.75) is 31.1 Å². The number of nitrogens with zero attached hydrogens (tertiary/aromatic N) is 5. The van der Waals surface area contributed by atoms with E-state index in [1.54, 1.807) is 17.1 Å². The van der Waals surface area contributed by atoms with Gasteiger partial charge in [0.1, 0.15) is 5.52 Å². The van der Waals surface area contributed by atoms with E-state index in [1.165, 1.54) is 11.3 Å². The van der Waals surface area contributed by atoms with Gasteiger partial charge in [-0.15, -0.1) is 0 Å². The number of H-pyrrole nitrogens is 1. The molecular formula is C18H20N6O. The number of carbonyl (C=O) groups excluding carboxylic acids is 1. The minimum atomic E-state index is 0.0454. The molecule has 3 aromatic rings. The zero-order valence-corrected chi connectivity index (χ0v) is 14.2. The standard InChI is InChI=1S/C18H20N6O/c1-23-15-7-13(8-19-14(15)10-21-23)17(25)24-6-2-4-18(11-24)5-3-12-9-20-22-16(12)18/h7-10H,2-6,11H2,1H3,(H,20,22). The number of hydrogen-bond acceptors (Lipinski definition) is 4. The summed E-state index contributed by atoms with van der Waals surface area (Å²) < 4.78 is 1.75. The Morgan fingerprint density at radius 2 is 2.20 bits per heavy atom. The number of aromatic nitrogens is 5. The Labute approximate surface area is 145 Å². The van der Waals surface area contributed by atoms with Crippen molar-refractivity contribution in [2.24, 2.45) is 7.05 Å². The minimum Gasteiger partial charge on any atom is -0.338 e. The van der Waals surface area contributed by atoms with Gasteiger partial charge < -0.3 is 4.90 Å². The van der Waals surface area contributed by atoms with Crippen LogP contribution in [0.4, 0.5) is 0 Å². The van der Waals surface area contributed by atoms with E-state index in [0.717, 1.165) is 49.8 Å². The summed E-state index contributed by atoms with van der Waals surface area (Å²) in [6.07, 6.45) is 9.61. The second-order valence-corrected chi connectivity index (χ2v) is 7.28. The maximum atomic E-state index is 13.1. The van der Waals surface area contributed by atoms with Gasteiger partial charge >= 0.3 is 0 Å². The van der Waals surface area contributed by atoms with Crippen LogP contribution >= 0.6 is 0 Å². The summed E-state index contributed by atoms with van der Waals surface area (Å²) in [5, 5.41) is 11.6. The number of aromatic amines is 1. The molecular weight excluding hydrogens is 316 g/mol. The first-order valence-corrected chi connectivity index (χ1v) is 8.76. The van der Waals surface area contributed by atoms with E-state index < -0.39 is 0 Å². The van der Waals surface area contributed by atoms with E-state index in [1.807, 2.05) is 24.2 Å². The molecule has 0 radical (unpaired) electrons. The van der Waals surface area contributed by atoms with Gasteiger partial charge in [0.2, 0.25) is 0 Å². The van der Waals surface area contributed by atoms with Crippen LogP contribution in [-0.4, -0.2) is 48.9 Å². The van der Waals surface area contributed by atoms with Crippen LogP contribution in [0.1, 0.15) is 40.9 Å². The van der Waals surface area contributed by atoms with Gasteiger partial charge in [0.05, 0.1) is 23.5 Å². The fraction of sp³-hybridized carbons (Fsp3) is 0.444. The highest BCUT2D eigenvalue weighted by Gasteiger charge is 2.44. The predicted molar refractivity (Wildman–Crippen MR) is 92.2 cm³/mol. The van der Waals surface area contributed by atoms with E-state index in [4.69, 9.17) is 0 Å². The van der Waals surface area contributed by atoms with E-state index in [2.05, 4.69) is 20.3 Å². The fourth-order valence-corrected chi connectivity index (χ4v) is 4.50. The molecule has 128 valence electrons. The molecule has 2 aliphatic rings. The van der Waals surface area contributed by atoms with Crippen molar-refractivity contribution in [3.63, 3.8) is 0 Å². The van der Waals surface area contributed by atoms with Crippen LogP contribution in [0.5, 0.6) is 0 Å². The third kappa shape index (κ3) is 2.11. The second kappa shape index (κ2) is 5.15. The van der Waals surface area contributed by atoms with Crippen LogP contribution in [-0.2, 0) is 18.9 Å². The van der Waals surface area contributed by atoms with E-state index in [9.17, 15) is 4.79 Å². The largest absolute Gasteiger partial charge is 0.338 e. The average Bonchev–Trinajstić information content (AvgIpc) is 3.33. The van der Waals surface area contributed by atoms with Gasteiger partial charge in [-0.3, -0.25) is 19.6 Å². The lowest BCUT2D eigenvalue weighted by Gasteiger charge is -2.40. The normalized spacial score (nSPS) is 22.7. The van der Waals surface area contributed by atoms with Crippen molar-refractivity contribution >= 4 is 16.9 Å². The Morgan fingerprint density at radius 3 is 3.12 bits per heavy atom. The molecule has 1 saturated heterocycles. The first-order valence-electron chi connectivity index (χ1n) is 8.76. The number of likely N-dealkylation sites (tertiary alicyclic amines) is 1. The number of pyridine rings is 1. The highest BCUT2D eigenvalue weighted by molar-refractivity contribution is 5.96. The molecule has 5 rings (SSSR count). The highest BCUT2D eigenvalue weighted by Crippen LogP contribution is 2.44. The first kappa shape index (κ1) is 14.6. The van der Waals surface area contributed by atoms with Crippen LogP contribution < -0.4 is 0 Å². The molecule has 7 heteroatoms. The number of fused-ring (bicyclic) bond motifs is 3. The molecule has 1 aliphatic heterocycles. The quantitative estimate of drug-likeness (QED) is 0.735. The fourth-order valence-electron chi connectivity index (χ4n) is 4.50. The molecule has 1 aliphatic carbocycles. The Kier molecular flexibility index (Phi) is 3.01. The van der Waals surface area contributed by atoms with Crippen LogP contribution in [0.15, 0.2) is 24.7 Å². The maximum absolute atomic E-state index is 13.1. The molecule has 0 saturated carbocycles. The van der Waals surface area contributed by atoms with Gasteiger partial charge in [0, 0.05) is 37.4 Å². The topological polar surface area (TPSA) is 79.7 Å². The third-order valence-corrected chi connectivity index (χ3v) is 5.83. The second-order valence-electron chi connectivity index (χ2n) is 7.28. The molecule has 1 N–H and O–H groups in total. The van der Waals surface area contributed by atoms with Crippen LogP contribution in [0.3, 0.4) is 0 Å². The molecule has 1 amide bonds. The van der Waals surface area contributed by atoms with Crippen LogP contribution in [0.2, 0.25) is 0 Å². The molecule has 25 heavy (non-hydrogen) atoms. The summed E-state index contributed by atoms with van der Waals surface area (Å²) in [6, 6.07) is 1.90. The monoisotopic (exact) mass is 336 g/mol. The lowest BCUT2D eigenvalue weighted by Crippen LogP contribution is -2.47. The van der Waals surface area contributed by atoms with Crippen molar-refractivity contribution in [2.75, 3.05) is 13.1 Å². The summed E-state index contributed by atoms with van der Waals surface area (Å²) in [4.78, 5) is 19.5. The lowest BCUT2D eigenvalue weighted by atomic mass is 9.77. The predicted octanol–water partition coefficient (Wildman–Crippen LogP) is 1.81. The number of carbonyl (C=O) groups is 1. The Hall–Kier alpha value is -2.70. The summed E-state index contributed by atoms with van der Waals surface area (Å²) in [7, 11) is 1.87. The van der Waals surface area contributed by atoms with Crippen molar-refractivity contribution in [3.8, 4) is 0 Å². The molecule has 0 bridgehead atoms. The van der Waals surface area contributed by atoms with Crippen LogP contribution in [0, 0.1) is 0 Å². The van der Waals surface area contributed by atoms with Gasteiger partial charge in [0.15, 0.2) is 0 Å². The molecule has 1 spiro atoms. The zero-order valence-electron chi connectivity index (χ0n) is 14.2. The lowest BCUT2D eigenvalue weighted by molar-refractivity contribution is 0.0632. The number of hydrogen-bond donors (Lipinski definition) is 1. The zero-order chi connectivity index (χ0) is 17.0. The summed E-state index contributed by atoms with van der Waals surface area (Å²) >= 11 is 0. The van der Waals surface area contributed by atoms with Gasteiger partial charge in [0.25, 0.3) is 5.91 Å². The van der Waals surface area contributed by atoms with Crippen molar-refractivity contribution in [3.05, 3.63) is 41.5 Å². The van der Waals surface area contributed by atoms with Crippen molar-refractivity contribution < 1.29 is 4.79 Å². The van der Waals surface area contributed by atoms with E-state index in [-0.39, 0.29) is 11.3 Å². The maximum Gasteiger partial charge on any atom is 0.255 e. The number of amides is 1. The van der Waals surface area contributed by atoms with Gasteiger partial charge in [-0.25, -0.2) is 0 Å². The van der Waals surface area contributed by atoms with E-state index in [0.29, 0.717) is 5.56 Å². The minimum absolute atomic E-state index is 0.0454. The SMILES string of the molecule is Cn1ncc2ncc(C(=O)N3CCCC4(CCc5cn[nH]c54)C3)cc21. The molecule has 1 unspecified atom stereocenters. The number of nitrogens with one attached hydrogen (secondary N) is 1. The molecule has 4 heterocycles. The smallest absolute Gasteiger partial charge is 0.255 e. The average molecular weight is 336 g/mol. The molecule has 0 aromatic carbocycles. The van der Waals surface area contributed by atoms with Crippen molar-refractivity contribution in [1.82, 2.24) is 29.9 Å². The van der Waals surface area contributed by atoms with Gasteiger partial charge in [-0.1, -0.05) is 0 Å².